The first-order valence-electron chi connectivity index (χ1n) is 18.8. The Balaban J connectivity index is 1.49. The van der Waals surface area contributed by atoms with E-state index in [9.17, 15) is 0 Å². The molecule has 0 bridgehead atoms. The Morgan fingerprint density at radius 1 is 0.364 bits per heavy atom. The Bertz CT molecular complexity index is 2260. The summed E-state index contributed by atoms with van der Waals surface area (Å²) in [6, 6.07) is 89.8. The standard InChI is InChI=1S/C48H43BN2P4/c1-9-25-41(26-10-1)52(42-27-11-2-12-28-42)50-54(45-33-17-5-18-34-45,46-35-19-6-20-36-46)49-55(47-37-21-7-22-38-47,48-39-23-8-24-40-48)51-53(43-29-13-3-14-30-43)44-31-15-4-16-32-44/h1-40,50H,49H2. The maximum atomic E-state index is 6.50. The Labute approximate surface area is 330 Å². The Hall–Kier alpha value is -4.70. The van der Waals surface area contributed by atoms with Crippen LogP contribution in [0.5, 0.6) is 0 Å². The highest BCUT2D eigenvalue weighted by atomic mass is 31.3. The van der Waals surface area contributed by atoms with E-state index in [4.69, 9.17) is 4.52 Å². The summed E-state index contributed by atoms with van der Waals surface area (Å²) in [7, 11) is -4.47. The molecule has 8 aromatic rings. The van der Waals surface area contributed by atoms with Crippen LogP contribution >= 0.6 is 30.4 Å². The number of benzene rings is 8. The molecule has 8 aromatic carbocycles. The smallest absolute Gasteiger partial charge is 0.222 e. The maximum Gasteiger partial charge on any atom is 0.222 e. The van der Waals surface area contributed by atoms with E-state index in [1.165, 1.54) is 42.4 Å². The lowest BCUT2D eigenvalue weighted by molar-refractivity contribution is 1.60. The largest absolute Gasteiger partial charge is 0.295 e. The molecule has 8 rings (SSSR count). The molecule has 268 valence electrons. The molecule has 0 spiro atoms. The fourth-order valence-electron chi connectivity index (χ4n) is 7.57. The van der Waals surface area contributed by atoms with Crippen molar-refractivity contribution in [2.75, 3.05) is 0 Å². The summed E-state index contributed by atoms with van der Waals surface area (Å²) in [6.45, 7) is -3.59. The van der Waals surface area contributed by atoms with Gasteiger partial charge in [-0.05, 0) is 52.8 Å². The van der Waals surface area contributed by atoms with Crippen LogP contribution in [-0.2, 0) is 0 Å². The molecule has 1 N–H and O–H groups in total. The Morgan fingerprint density at radius 2 is 0.655 bits per heavy atom. The minimum atomic E-state index is -2.50. The van der Waals surface area contributed by atoms with Gasteiger partial charge in [0.2, 0.25) is 6.72 Å². The molecule has 0 saturated carbocycles. The molecule has 0 aliphatic heterocycles. The van der Waals surface area contributed by atoms with Crippen molar-refractivity contribution < 1.29 is 0 Å². The van der Waals surface area contributed by atoms with Gasteiger partial charge in [-0.1, -0.05) is 225 Å². The van der Waals surface area contributed by atoms with Gasteiger partial charge in [0.15, 0.2) is 0 Å². The third-order valence-corrected chi connectivity index (χ3v) is 28.0. The van der Waals surface area contributed by atoms with Gasteiger partial charge in [0.25, 0.3) is 0 Å². The molecule has 0 aliphatic carbocycles. The SMILES string of the molecule is [BH2-](P(=NP(c1ccccc1)c1ccccc1)(c1ccccc1)c1ccccc1)[P+](NP(c1ccccc1)c1ccccc1)(c1ccccc1)c1ccccc1. The maximum absolute atomic E-state index is 6.50. The lowest BCUT2D eigenvalue weighted by Crippen LogP contribution is -2.40. The van der Waals surface area contributed by atoms with Gasteiger partial charge < -0.3 is 0 Å². The van der Waals surface area contributed by atoms with Crippen LogP contribution in [-0.4, -0.2) is 6.72 Å². The van der Waals surface area contributed by atoms with E-state index >= 15 is 0 Å². The van der Waals surface area contributed by atoms with E-state index in [1.54, 1.807) is 0 Å². The minimum Gasteiger partial charge on any atom is -0.295 e. The monoisotopic (exact) mass is 782 g/mol. The summed E-state index contributed by atoms with van der Waals surface area (Å²) in [6.07, 6.45) is 0. The van der Waals surface area contributed by atoms with Crippen molar-refractivity contribution in [2.24, 2.45) is 4.52 Å². The van der Waals surface area contributed by atoms with Crippen LogP contribution in [0.3, 0.4) is 0 Å². The summed E-state index contributed by atoms with van der Waals surface area (Å²) < 4.78 is 6.50. The number of nitrogens with one attached hydrogen (secondary N) is 1. The zero-order valence-corrected chi connectivity index (χ0v) is 34.4. The van der Waals surface area contributed by atoms with Crippen molar-refractivity contribution in [2.45, 2.75) is 0 Å². The predicted molar refractivity (Wildman–Crippen MR) is 250 cm³/mol. The van der Waals surface area contributed by atoms with Crippen LogP contribution in [0.15, 0.2) is 247 Å². The van der Waals surface area contributed by atoms with Gasteiger partial charge in [-0.25, -0.2) is 0 Å². The summed E-state index contributed by atoms with van der Waals surface area (Å²) in [4.78, 5) is 4.69. The first kappa shape index (κ1) is 37.2. The molecule has 0 aliphatic rings. The second-order valence-corrected chi connectivity index (χ2v) is 26.2. The van der Waals surface area contributed by atoms with Crippen LogP contribution < -0.4 is 47.3 Å². The fourth-order valence-corrected chi connectivity index (χ4v) is 29.6. The average Bonchev–Trinajstić information content (AvgIpc) is 3.29. The van der Waals surface area contributed by atoms with Gasteiger partial charge in [-0.15, -0.1) is 0 Å². The second-order valence-electron chi connectivity index (χ2n) is 13.7. The number of rotatable bonds is 13. The quantitative estimate of drug-likeness (QED) is 0.0917. The van der Waals surface area contributed by atoms with Crippen LogP contribution in [0.25, 0.3) is 0 Å². The lowest BCUT2D eigenvalue weighted by Gasteiger charge is -2.43. The van der Waals surface area contributed by atoms with E-state index in [2.05, 4.69) is 248 Å². The first-order chi connectivity index (χ1) is 27.3. The Kier molecular flexibility index (Phi) is 12.1. The van der Waals surface area contributed by atoms with Gasteiger partial charge >= 0.3 is 0 Å². The minimum absolute atomic E-state index is 0.973. The van der Waals surface area contributed by atoms with Crippen molar-refractivity contribution >= 4 is 79.5 Å². The number of nitrogens with zero attached hydrogens (tertiary/aromatic N) is 1. The zero-order valence-electron chi connectivity index (χ0n) is 30.8. The summed E-state index contributed by atoms with van der Waals surface area (Å²) >= 11 is 0. The molecule has 0 aromatic heterocycles. The van der Waals surface area contributed by atoms with E-state index in [1.807, 2.05) is 0 Å². The van der Waals surface area contributed by atoms with Gasteiger partial charge in [0.05, 0.1) is 26.8 Å². The summed E-state index contributed by atoms with van der Waals surface area (Å²) in [5, 5.41) is 10.7. The zero-order chi connectivity index (χ0) is 37.2. The van der Waals surface area contributed by atoms with Gasteiger partial charge in [-0.3, -0.25) is 4.52 Å². The van der Waals surface area contributed by atoms with Crippen molar-refractivity contribution in [3.8, 4) is 0 Å². The molecule has 0 saturated heterocycles. The van der Waals surface area contributed by atoms with Gasteiger partial charge in [0.1, 0.15) is 0 Å². The molecule has 55 heavy (non-hydrogen) atoms. The third kappa shape index (κ3) is 8.30. The van der Waals surface area contributed by atoms with Crippen LogP contribution in [0.1, 0.15) is 0 Å². The molecular formula is C48H43BN2P4. The molecule has 0 amide bonds. The number of hydrogen-bond acceptors (Lipinski definition) is 2. The Morgan fingerprint density at radius 3 is 1.00 bits per heavy atom. The van der Waals surface area contributed by atoms with Gasteiger partial charge in [-0.2, -0.15) is 4.86 Å². The second kappa shape index (κ2) is 17.8. The van der Waals surface area contributed by atoms with Crippen LogP contribution in [0.4, 0.5) is 0 Å². The van der Waals surface area contributed by atoms with Crippen molar-refractivity contribution in [3.05, 3.63) is 243 Å². The highest BCUT2D eigenvalue weighted by Crippen LogP contribution is 2.68. The molecule has 7 heteroatoms. The summed E-state index contributed by atoms with van der Waals surface area (Å²) in [5.41, 5.74) is 0. The topological polar surface area (TPSA) is 24.4 Å². The molecule has 0 fully saturated rings. The molecule has 2 nitrogen and oxygen atoms in total. The van der Waals surface area contributed by atoms with Crippen molar-refractivity contribution in [3.63, 3.8) is 0 Å². The highest BCUT2D eigenvalue weighted by molar-refractivity contribution is 8.35. The number of hydrogen-bond donors (Lipinski definition) is 1. The van der Waals surface area contributed by atoms with E-state index in [-0.39, 0.29) is 0 Å². The predicted octanol–water partition coefficient (Wildman–Crippen LogP) is 9.11. The third-order valence-electron chi connectivity index (χ3n) is 10.3. The molecule has 0 atom stereocenters. The van der Waals surface area contributed by atoms with E-state index in [0.717, 1.165) is 0 Å². The molecule has 0 radical (unpaired) electrons. The molecular weight excluding hydrogens is 739 g/mol. The first-order valence-corrected chi connectivity index (χ1v) is 25.9. The normalized spacial score (nSPS) is 11.7. The molecule has 0 unspecified atom stereocenters. The average molecular weight is 783 g/mol. The van der Waals surface area contributed by atoms with Crippen LogP contribution in [0, 0.1) is 0 Å². The van der Waals surface area contributed by atoms with Gasteiger partial charge in [0, 0.05) is 10.6 Å². The van der Waals surface area contributed by atoms with Crippen molar-refractivity contribution in [1.82, 2.24) is 4.86 Å². The highest BCUT2D eigenvalue weighted by Gasteiger charge is 2.45. The molecule has 0 heterocycles. The van der Waals surface area contributed by atoms with Crippen molar-refractivity contribution in [1.29, 1.82) is 0 Å². The van der Waals surface area contributed by atoms with E-state index in [0.29, 0.717) is 0 Å². The summed E-state index contributed by atoms with van der Waals surface area (Å²) in [5.74, 6) is 0. The lowest BCUT2D eigenvalue weighted by atomic mass is 10.4. The van der Waals surface area contributed by atoms with E-state index < -0.39 is 37.1 Å². The van der Waals surface area contributed by atoms with Crippen LogP contribution in [0.2, 0.25) is 0 Å². The fraction of sp³-hybridized carbons (Fsp3) is 0.